The fraction of sp³-hybridized carbons (Fsp3) is 0.529. The summed E-state index contributed by atoms with van der Waals surface area (Å²) >= 11 is 0. The molecule has 0 unspecified atom stereocenters. The molecule has 0 saturated carbocycles. The van der Waals surface area contributed by atoms with Gasteiger partial charge in [0.15, 0.2) is 0 Å². The molecule has 1 aromatic rings. The Kier molecular flexibility index (Phi) is 7.71. The number of esters is 1. The molecule has 1 amide bonds. The largest absolute Gasteiger partial charge is 0.464 e. The third kappa shape index (κ3) is 4.77. The van der Waals surface area contributed by atoms with E-state index in [0.29, 0.717) is 5.69 Å². The summed E-state index contributed by atoms with van der Waals surface area (Å²) in [4.78, 5) is 26.3. The number of aryl methyl sites for hydroxylation is 2. The van der Waals surface area contributed by atoms with Crippen LogP contribution in [0.3, 0.4) is 0 Å². The Labute approximate surface area is 137 Å². The van der Waals surface area contributed by atoms with Crippen LogP contribution in [0.15, 0.2) is 18.2 Å². The third-order valence-electron chi connectivity index (χ3n) is 3.49. The van der Waals surface area contributed by atoms with Crippen molar-refractivity contribution >= 4 is 17.6 Å². The molecule has 23 heavy (non-hydrogen) atoms. The fourth-order valence-corrected chi connectivity index (χ4v) is 2.55. The van der Waals surface area contributed by atoms with Crippen LogP contribution in [0.1, 0.15) is 24.5 Å². The second-order valence-corrected chi connectivity index (χ2v) is 5.22. The molecule has 1 N–H and O–H groups in total. The van der Waals surface area contributed by atoms with Crippen molar-refractivity contribution in [2.45, 2.75) is 33.2 Å². The van der Waals surface area contributed by atoms with Gasteiger partial charge in [-0.15, -0.1) is 0 Å². The summed E-state index contributed by atoms with van der Waals surface area (Å²) in [5.74, 6) is -0.884. The topological polar surface area (TPSA) is 76.1 Å². The van der Waals surface area contributed by atoms with Crippen LogP contribution >= 0.6 is 0 Å². The lowest BCUT2D eigenvalue weighted by atomic mass is 10.0. The lowest BCUT2D eigenvalue weighted by molar-refractivity contribution is -0.146. The maximum Gasteiger partial charge on any atom is 0.329 e. The number of rotatable bonds is 8. The number of ether oxygens (including phenoxy) is 2. The zero-order chi connectivity index (χ0) is 17.4. The molecule has 0 aromatic heterocycles. The highest BCUT2D eigenvalue weighted by Gasteiger charge is 2.33. The number of methoxy groups -OCH3 is 1. The van der Waals surface area contributed by atoms with Gasteiger partial charge in [0, 0.05) is 20.1 Å². The highest BCUT2D eigenvalue weighted by Crippen LogP contribution is 2.28. The Morgan fingerprint density at radius 3 is 2.35 bits per heavy atom. The lowest BCUT2D eigenvalue weighted by Gasteiger charge is -2.32. The highest BCUT2D eigenvalue weighted by molar-refractivity contribution is 6.01. The van der Waals surface area contributed by atoms with Crippen molar-refractivity contribution in [3.63, 3.8) is 0 Å². The molecule has 1 rings (SSSR count). The van der Waals surface area contributed by atoms with Crippen LogP contribution in [-0.2, 0) is 19.1 Å². The standard InChI is InChI=1S/C17H25NO5/c1-5-23-17(21)14(9-10-19)18(15(20)11-22-4)16-12(2)7-6-8-13(16)3/h6-8,14,19H,5,9-11H2,1-4H3/t14-/m0/s1. The molecule has 0 aliphatic carbocycles. The maximum atomic E-state index is 12.6. The zero-order valence-corrected chi connectivity index (χ0v) is 14.2. The Bertz CT molecular complexity index is 524. The van der Waals surface area contributed by atoms with Gasteiger partial charge in [-0.05, 0) is 31.9 Å². The summed E-state index contributed by atoms with van der Waals surface area (Å²) < 4.78 is 10.0. The number of carbonyl (C=O) groups excluding carboxylic acids is 2. The molecule has 128 valence electrons. The molecule has 0 saturated heterocycles. The van der Waals surface area contributed by atoms with Crippen molar-refractivity contribution in [1.82, 2.24) is 0 Å². The van der Waals surface area contributed by atoms with E-state index in [1.165, 1.54) is 12.0 Å². The quantitative estimate of drug-likeness (QED) is 0.735. The Hall–Kier alpha value is -1.92. The van der Waals surface area contributed by atoms with Gasteiger partial charge < -0.3 is 14.6 Å². The Morgan fingerprint density at radius 1 is 1.26 bits per heavy atom. The lowest BCUT2D eigenvalue weighted by Crippen LogP contribution is -2.48. The van der Waals surface area contributed by atoms with Crippen LogP contribution in [0, 0.1) is 13.8 Å². The summed E-state index contributed by atoms with van der Waals surface area (Å²) in [6.45, 7) is 5.27. The number of anilines is 1. The molecular formula is C17H25NO5. The zero-order valence-electron chi connectivity index (χ0n) is 14.2. The first-order chi connectivity index (χ1) is 11.0. The summed E-state index contributed by atoms with van der Waals surface area (Å²) in [5.41, 5.74) is 2.38. The van der Waals surface area contributed by atoms with Crippen molar-refractivity contribution in [2.24, 2.45) is 0 Å². The van der Waals surface area contributed by atoms with E-state index in [0.717, 1.165) is 11.1 Å². The summed E-state index contributed by atoms with van der Waals surface area (Å²) in [6, 6.07) is 4.74. The van der Waals surface area contributed by atoms with Gasteiger partial charge in [-0.1, -0.05) is 18.2 Å². The molecule has 6 nitrogen and oxygen atoms in total. The van der Waals surface area contributed by atoms with Crippen LogP contribution in [0.4, 0.5) is 5.69 Å². The Balaban J connectivity index is 3.37. The average Bonchev–Trinajstić information content (AvgIpc) is 2.49. The molecule has 1 aromatic carbocycles. The molecule has 0 fully saturated rings. The number of nitrogens with zero attached hydrogens (tertiary/aromatic N) is 1. The van der Waals surface area contributed by atoms with Gasteiger partial charge >= 0.3 is 5.97 Å². The first kappa shape index (κ1) is 19.1. The number of hydrogen-bond acceptors (Lipinski definition) is 5. The van der Waals surface area contributed by atoms with Gasteiger partial charge in [-0.25, -0.2) is 4.79 Å². The molecule has 1 atom stereocenters. The fourth-order valence-electron chi connectivity index (χ4n) is 2.55. The first-order valence-corrected chi connectivity index (χ1v) is 7.62. The first-order valence-electron chi connectivity index (χ1n) is 7.62. The predicted molar refractivity (Wildman–Crippen MR) is 87.4 cm³/mol. The number of para-hydroxylation sites is 1. The summed E-state index contributed by atoms with van der Waals surface area (Å²) in [5, 5.41) is 9.32. The molecule has 0 aliphatic rings. The minimum atomic E-state index is -0.887. The van der Waals surface area contributed by atoms with E-state index in [1.54, 1.807) is 6.92 Å². The van der Waals surface area contributed by atoms with Crippen molar-refractivity contribution in [3.8, 4) is 0 Å². The summed E-state index contributed by atoms with van der Waals surface area (Å²) in [7, 11) is 1.42. The molecule has 6 heteroatoms. The monoisotopic (exact) mass is 323 g/mol. The smallest absolute Gasteiger partial charge is 0.329 e. The van der Waals surface area contributed by atoms with E-state index in [1.807, 2.05) is 32.0 Å². The van der Waals surface area contributed by atoms with E-state index in [-0.39, 0.29) is 32.1 Å². The predicted octanol–water partition coefficient (Wildman–Crippen LogP) is 1.60. The van der Waals surface area contributed by atoms with Gasteiger partial charge in [-0.2, -0.15) is 0 Å². The minimum absolute atomic E-state index is 0.0993. The summed E-state index contributed by atoms with van der Waals surface area (Å²) in [6.07, 6.45) is 0.0993. The van der Waals surface area contributed by atoms with Crippen LogP contribution in [0.25, 0.3) is 0 Å². The van der Waals surface area contributed by atoms with E-state index in [4.69, 9.17) is 9.47 Å². The Morgan fingerprint density at radius 2 is 1.87 bits per heavy atom. The van der Waals surface area contributed by atoms with Crippen LogP contribution in [-0.4, -0.2) is 50.0 Å². The minimum Gasteiger partial charge on any atom is -0.464 e. The number of aliphatic hydroxyl groups excluding tert-OH is 1. The van der Waals surface area contributed by atoms with Gasteiger partial charge in [-0.3, -0.25) is 9.69 Å². The van der Waals surface area contributed by atoms with Gasteiger partial charge in [0.05, 0.1) is 12.3 Å². The van der Waals surface area contributed by atoms with Crippen molar-refractivity contribution in [2.75, 3.05) is 31.8 Å². The second-order valence-electron chi connectivity index (χ2n) is 5.22. The van der Waals surface area contributed by atoms with Crippen LogP contribution in [0.2, 0.25) is 0 Å². The van der Waals surface area contributed by atoms with Gasteiger partial charge in [0.2, 0.25) is 0 Å². The van der Waals surface area contributed by atoms with Crippen molar-refractivity contribution in [1.29, 1.82) is 0 Å². The van der Waals surface area contributed by atoms with E-state index in [2.05, 4.69) is 0 Å². The number of hydrogen-bond donors (Lipinski definition) is 1. The number of aliphatic hydroxyl groups is 1. The van der Waals surface area contributed by atoms with Gasteiger partial charge in [0.25, 0.3) is 5.91 Å². The SMILES string of the molecule is CCOC(=O)[C@H](CCO)N(C(=O)COC)c1c(C)cccc1C. The average molecular weight is 323 g/mol. The van der Waals surface area contributed by atoms with Crippen LogP contribution < -0.4 is 4.90 Å². The molecular weight excluding hydrogens is 298 g/mol. The molecule has 0 radical (unpaired) electrons. The molecule has 0 bridgehead atoms. The van der Waals surface area contributed by atoms with E-state index < -0.39 is 12.0 Å². The normalized spacial score (nSPS) is 11.9. The third-order valence-corrected chi connectivity index (χ3v) is 3.49. The number of amides is 1. The highest BCUT2D eigenvalue weighted by atomic mass is 16.5. The van der Waals surface area contributed by atoms with E-state index in [9.17, 15) is 14.7 Å². The maximum absolute atomic E-state index is 12.6. The number of carbonyl (C=O) groups is 2. The second kappa shape index (κ2) is 9.27. The number of benzene rings is 1. The van der Waals surface area contributed by atoms with Crippen LogP contribution in [0.5, 0.6) is 0 Å². The van der Waals surface area contributed by atoms with Gasteiger partial charge in [0.1, 0.15) is 12.6 Å². The molecule has 0 spiro atoms. The molecule has 0 heterocycles. The molecule has 0 aliphatic heterocycles. The van der Waals surface area contributed by atoms with E-state index >= 15 is 0 Å². The van der Waals surface area contributed by atoms with Crippen molar-refractivity contribution < 1.29 is 24.2 Å². The van der Waals surface area contributed by atoms with Crippen molar-refractivity contribution in [3.05, 3.63) is 29.3 Å².